The average Bonchev–Trinajstić information content (AvgIpc) is 2.41. The van der Waals surface area contributed by atoms with E-state index in [-0.39, 0.29) is 12.5 Å². The Morgan fingerprint density at radius 1 is 1.37 bits per heavy atom. The Morgan fingerprint density at radius 2 is 2.11 bits per heavy atom. The Balaban J connectivity index is 2.34. The summed E-state index contributed by atoms with van der Waals surface area (Å²) < 4.78 is 52.5. The van der Waals surface area contributed by atoms with Crippen molar-refractivity contribution in [1.29, 1.82) is 0 Å². The average molecular weight is 290 g/mol. The largest absolute Gasteiger partial charge is 0.330 e. The highest BCUT2D eigenvalue weighted by molar-refractivity contribution is 7.89. The molecule has 4 nitrogen and oxygen atoms in total. The summed E-state index contributed by atoms with van der Waals surface area (Å²) >= 11 is 0. The first-order chi connectivity index (χ1) is 8.95. The normalized spacial score (nSPS) is 21.5. The lowest BCUT2D eigenvalue weighted by molar-refractivity contribution is 0.270. The summed E-state index contributed by atoms with van der Waals surface area (Å²) in [4.78, 5) is -0.606. The van der Waals surface area contributed by atoms with Crippen molar-refractivity contribution in [3.05, 3.63) is 29.8 Å². The molecule has 7 heteroatoms. The van der Waals surface area contributed by atoms with E-state index in [2.05, 4.69) is 0 Å². The number of hydrogen-bond acceptors (Lipinski definition) is 3. The summed E-state index contributed by atoms with van der Waals surface area (Å²) in [5.74, 6) is -1.64. The molecule has 0 spiro atoms. The highest BCUT2D eigenvalue weighted by atomic mass is 32.2. The van der Waals surface area contributed by atoms with Crippen LogP contribution >= 0.6 is 0 Å². The van der Waals surface area contributed by atoms with Crippen LogP contribution < -0.4 is 5.73 Å². The van der Waals surface area contributed by atoms with Gasteiger partial charge in [0.05, 0.1) is 0 Å². The van der Waals surface area contributed by atoms with Gasteiger partial charge >= 0.3 is 0 Å². The van der Waals surface area contributed by atoms with Crippen molar-refractivity contribution in [2.75, 3.05) is 19.6 Å². The molecular weight excluding hydrogens is 274 g/mol. The van der Waals surface area contributed by atoms with Gasteiger partial charge < -0.3 is 5.73 Å². The molecule has 2 rings (SSSR count). The van der Waals surface area contributed by atoms with E-state index in [1.165, 1.54) is 4.31 Å². The number of nitrogens with two attached hydrogens (primary N) is 1. The first-order valence-electron chi connectivity index (χ1n) is 6.10. The van der Waals surface area contributed by atoms with Crippen molar-refractivity contribution >= 4 is 10.0 Å². The van der Waals surface area contributed by atoms with Crippen molar-refractivity contribution in [2.24, 2.45) is 11.7 Å². The van der Waals surface area contributed by atoms with Crippen LogP contribution in [0.3, 0.4) is 0 Å². The number of hydrogen-bond donors (Lipinski definition) is 1. The van der Waals surface area contributed by atoms with E-state index in [9.17, 15) is 17.2 Å². The lowest BCUT2D eigenvalue weighted by Crippen LogP contribution is -2.42. The summed E-state index contributed by atoms with van der Waals surface area (Å²) in [6, 6.07) is 2.44. The zero-order valence-corrected chi connectivity index (χ0v) is 11.2. The Morgan fingerprint density at radius 3 is 2.79 bits per heavy atom. The van der Waals surface area contributed by atoms with Gasteiger partial charge in [-0.3, -0.25) is 0 Å². The Labute approximate surface area is 111 Å². The van der Waals surface area contributed by atoms with Crippen molar-refractivity contribution in [3.8, 4) is 0 Å². The van der Waals surface area contributed by atoms with E-state index >= 15 is 0 Å². The minimum absolute atomic E-state index is 0.0696. The predicted molar refractivity (Wildman–Crippen MR) is 66.9 cm³/mol. The fourth-order valence-corrected chi connectivity index (χ4v) is 3.88. The maximum Gasteiger partial charge on any atom is 0.246 e. The summed E-state index contributed by atoms with van der Waals surface area (Å²) in [5.41, 5.74) is 5.55. The second-order valence-electron chi connectivity index (χ2n) is 4.68. The molecule has 0 bridgehead atoms. The minimum atomic E-state index is -4.00. The van der Waals surface area contributed by atoms with Gasteiger partial charge in [0.1, 0.15) is 16.5 Å². The van der Waals surface area contributed by atoms with Crippen molar-refractivity contribution in [2.45, 2.75) is 17.7 Å². The molecule has 0 amide bonds. The number of benzene rings is 1. The fourth-order valence-electron chi connectivity index (χ4n) is 2.25. The van der Waals surface area contributed by atoms with Gasteiger partial charge in [-0.2, -0.15) is 4.31 Å². The van der Waals surface area contributed by atoms with Gasteiger partial charge in [0.15, 0.2) is 0 Å². The third-order valence-electron chi connectivity index (χ3n) is 3.33. The van der Waals surface area contributed by atoms with E-state index in [0.29, 0.717) is 19.5 Å². The molecule has 106 valence electrons. The molecule has 1 saturated heterocycles. The maximum atomic E-state index is 13.6. The molecule has 1 aromatic rings. The molecule has 1 aliphatic rings. The molecule has 1 aromatic carbocycles. The smallest absolute Gasteiger partial charge is 0.246 e. The van der Waals surface area contributed by atoms with E-state index in [0.717, 1.165) is 24.6 Å². The highest BCUT2D eigenvalue weighted by Gasteiger charge is 2.31. The molecule has 0 saturated carbocycles. The number of nitrogens with zero attached hydrogens (tertiary/aromatic N) is 1. The van der Waals surface area contributed by atoms with E-state index in [1.54, 1.807) is 0 Å². The van der Waals surface area contributed by atoms with Crippen LogP contribution in [0.5, 0.6) is 0 Å². The standard InChI is InChI=1S/C12H16F2N2O2S/c13-10-3-4-11(14)12(6-10)19(17,18)16-5-1-2-9(7-15)8-16/h3-4,6,9H,1-2,5,7-8,15H2. The number of rotatable bonds is 3. The van der Waals surface area contributed by atoms with Crippen LogP contribution in [-0.2, 0) is 10.0 Å². The highest BCUT2D eigenvalue weighted by Crippen LogP contribution is 2.25. The summed E-state index contributed by atoms with van der Waals surface area (Å²) in [5, 5.41) is 0. The molecule has 0 aliphatic carbocycles. The minimum Gasteiger partial charge on any atom is -0.330 e. The molecule has 0 radical (unpaired) electrons. The monoisotopic (exact) mass is 290 g/mol. The summed E-state index contributed by atoms with van der Waals surface area (Å²) in [6.45, 7) is 0.960. The number of sulfonamides is 1. The predicted octanol–water partition coefficient (Wildman–Crippen LogP) is 1.32. The number of halogens is 2. The van der Waals surface area contributed by atoms with Gasteiger partial charge in [-0.25, -0.2) is 17.2 Å². The molecule has 1 unspecified atom stereocenters. The molecule has 1 atom stereocenters. The Bertz CT molecular complexity index is 563. The zero-order chi connectivity index (χ0) is 14.0. The van der Waals surface area contributed by atoms with E-state index in [4.69, 9.17) is 5.73 Å². The van der Waals surface area contributed by atoms with Gasteiger partial charge in [-0.15, -0.1) is 0 Å². The third-order valence-corrected chi connectivity index (χ3v) is 5.21. The van der Waals surface area contributed by atoms with Crippen molar-refractivity contribution < 1.29 is 17.2 Å². The van der Waals surface area contributed by atoms with Gasteiger partial charge in [0.2, 0.25) is 10.0 Å². The summed E-state index contributed by atoms with van der Waals surface area (Å²) in [6.07, 6.45) is 1.53. The van der Waals surface area contributed by atoms with Crippen LogP contribution in [-0.4, -0.2) is 32.4 Å². The quantitative estimate of drug-likeness (QED) is 0.913. The number of piperidine rings is 1. The summed E-state index contributed by atoms with van der Waals surface area (Å²) in [7, 11) is -4.00. The molecule has 1 aliphatic heterocycles. The van der Waals surface area contributed by atoms with Crippen molar-refractivity contribution in [1.82, 2.24) is 4.31 Å². The van der Waals surface area contributed by atoms with Crippen LogP contribution in [0.4, 0.5) is 8.78 Å². The topological polar surface area (TPSA) is 63.4 Å². The fraction of sp³-hybridized carbons (Fsp3) is 0.500. The van der Waals surface area contributed by atoms with Gasteiger partial charge in [0.25, 0.3) is 0 Å². The Hall–Kier alpha value is -1.05. The molecule has 2 N–H and O–H groups in total. The second-order valence-corrected chi connectivity index (χ2v) is 6.59. The van der Waals surface area contributed by atoms with E-state index < -0.39 is 26.6 Å². The maximum absolute atomic E-state index is 13.6. The second kappa shape index (κ2) is 5.52. The van der Waals surface area contributed by atoms with Crippen LogP contribution in [0.1, 0.15) is 12.8 Å². The van der Waals surface area contributed by atoms with Crippen LogP contribution in [0.2, 0.25) is 0 Å². The zero-order valence-electron chi connectivity index (χ0n) is 10.4. The molecule has 1 fully saturated rings. The molecule has 1 heterocycles. The molecule has 19 heavy (non-hydrogen) atoms. The lowest BCUT2D eigenvalue weighted by Gasteiger charge is -2.31. The molecular formula is C12H16F2N2O2S. The Kier molecular flexibility index (Phi) is 4.17. The van der Waals surface area contributed by atoms with Crippen LogP contribution in [0, 0.1) is 17.6 Å². The van der Waals surface area contributed by atoms with Gasteiger partial charge in [0, 0.05) is 13.1 Å². The SMILES string of the molecule is NCC1CCCN(S(=O)(=O)c2cc(F)ccc2F)C1. The first-order valence-corrected chi connectivity index (χ1v) is 7.54. The van der Waals surface area contributed by atoms with Gasteiger partial charge in [-0.1, -0.05) is 0 Å². The lowest BCUT2D eigenvalue weighted by atomic mass is 10.0. The van der Waals surface area contributed by atoms with Crippen LogP contribution in [0.25, 0.3) is 0 Å². The first kappa shape index (κ1) is 14.4. The van der Waals surface area contributed by atoms with Gasteiger partial charge in [-0.05, 0) is 43.5 Å². The van der Waals surface area contributed by atoms with E-state index in [1.807, 2.05) is 0 Å². The third kappa shape index (κ3) is 2.93. The molecule has 0 aromatic heterocycles. The van der Waals surface area contributed by atoms with Crippen LogP contribution in [0.15, 0.2) is 23.1 Å². The van der Waals surface area contributed by atoms with Crippen molar-refractivity contribution in [3.63, 3.8) is 0 Å².